The van der Waals surface area contributed by atoms with Crippen molar-refractivity contribution in [1.29, 1.82) is 0 Å². The number of benzene rings is 1. The number of pyridine rings is 1. The number of fused-ring (bicyclic) bond motifs is 3. The standard InChI is InChI=1S/C15H11NO5/c1-16-10-6-4-3-5-8(10)13-12(14(16)18)9(15(19)20-2)7-11(17)21-13/h3-7H,1-2H3. The van der Waals surface area contributed by atoms with Crippen molar-refractivity contribution in [3.8, 4) is 0 Å². The van der Waals surface area contributed by atoms with Crippen molar-refractivity contribution in [3.05, 3.63) is 56.7 Å². The summed E-state index contributed by atoms with van der Waals surface area (Å²) < 4.78 is 11.2. The molecule has 3 rings (SSSR count). The zero-order valence-corrected chi connectivity index (χ0v) is 11.4. The van der Waals surface area contributed by atoms with Crippen LogP contribution >= 0.6 is 0 Å². The second-order valence-corrected chi connectivity index (χ2v) is 4.56. The van der Waals surface area contributed by atoms with Gasteiger partial charge in [0.05, 0.1) is 23.6 Å². The van der Waals surface area contributed by atoms with Crippen molar-refractivity contribution < 1.29 is 13.9 Å². The molecule has 106 valence electrons. The largest absolute Gasteiger partial charge is 0.465 e. The zero-order valence-electron chi connectivity index (χ0n) is 11.4. The van der Waals surface area contributed by atoms with E-state index in [2.05, 4.69) is 4.74 Å². The van der Waals surface area contributed by atoms with Crippen LogP contribution in [0.25, 0.3) is 21.9 Å². The molecule has 0 bridgehead atoms. The van der Waals surface area contributed by atoms with Crippen molar-refractivity contribution >= 4 is 27.8 Å². The van der Waals surface area contributed by atoms with E-state index in [4.69, 9.17) is 4.42 Å². The summed E-state index contributed by atoms with van der Waals surface area (Å²) in [7, 11) is 2.78. The van der Waals surface area contributed by atoms with Gasteiger partial charge in [-0.1, -0.05) is 12.1 Å². The summed E-state index contributed by atoms with van der Waals surface area (Å²) in [6, 6.07) is 7.97. The fraction of sp³-hybridized carbons (Fsp3) is 0.133. The van der Waals surface area contributed by atoms with Gasteiger partial charge in [0.1, 0.15) is 0 Å². The van der Waals surface area contributed by atoms with Crippen LogP contribution in [0.4, 0.5) is 0 Å². The van der Waals surface area contributed by atoms with Crippen molar-refractivity contribution in [2.45, 2.75) is 0 Å². The lowest BCUT2D eigenvalue weighted by Gasteiger charge is -2.09. The maximum Gasteiger partial charge on any atom is 0.339 e. The van der Waals surface area contributed by atoms with Gasteiger partial charge in [-0.25, -0.2) is 9.59 Å². The van der Waals surface area contributed by atoms with Crippen LogP contribution in [-0.4, -0.2) is 17.6 Å². The first kappa shape index (κ1) is 13.1. The lowest BCUT2D eigenvalue weighted by molar-refractivity contribution is 0.0602. The Morgan fingerprint density at radius 2 is 1.95 bits per heavy atom. The molecule has 2 aromatic heterocycles. The maximum absolute atomic E-state index is 12.5. The van der Waals surface area contributed by atoms with Gasteiger partial charge in [-0.15, -0.1) is 0 Å². The fourth-order valence-corrected chi connectivity index (χ4v) is 2.40. The predicted octanol–water partition coefficient (Wildman–Crippen LogP) is 1.43. The normalized spacial score (nSPS) is 11.0. The first-order valence-corrected chi connectivity index (χ1v) is 6.18. The van der Waals surface area contributed by atoms with Crippen LogP contribution in [0.15, 0.2) is 44.3 Å². The van der Waals surface area contributed by atoms with Gasteiger partial charge < -0.3 is 13.7 Å². The molecule has 0 atom stereocenters. The molecule has 3 aromatic rings. The van der Waals surface area contributed by atoms with Gasteiger partial charge in [0, 0.05) is 18.5 Å². The molecule has 1 aromatic carbocycles. The van der Waals surface area contributed by atoms with Crippen LogP contribution in [0.3, 0.4) is 0 Å². The smallest absolute Gasteiger partial charge is 0.339 e. The third-order valence-electron chi connectivity index (χ3n) is 3.40. The monoisotopic (exact) mass is 285 g/mol. The Hall–Kier alpha value is -2.89. The Labute approximate surface area is 118 Å². The van der Waals surface area contributed by atoms with E-state index in [9.17, 15) is 14.4 Å². The number of para-hydroxylation sites is 1. The number of carbonyl (C=O) groups is 1. The molecule has 6 nitrogen and oxygen atoms in total. The molecule has 0 fully saturated rings. The SMILES string of the molecule is COC(=O)c1cc(=O)oc2c1c(=O)n(C)c1ccccc21. The highest BCUT2D eigenvalue weighted by Crippen LogP contribution is 2.23. The van der Waals surface area contributed by atoms with E-state index >= 15 is 0 Å². The van der Waals surface area contributed by atoms with Crippen molar-refractivity contribution in [3.63, 3.8) is 0 Å². The summed E-state index contributed by atoms with van der Waals surface area (Å²) in [5.41, 5.74) is -0.508. The van der Waals surface area contributed by atoms with Gasteiger partial charge in [0.15, 0.2) is 5.58 Å². The summed E-state index contributed by atoms with van der Waals surface area (Å²) in [4.78, 5) is 36.0. The van der Waals surface area contributed by atoms with Crippen LogP contribution in [-0.2, 0) is 11.8 Å². The zero-order chi connectivity index (χ0) is 15.1. The number of methoxy groups -OCH3 is 1. The minimum atomic E-state index is -0.750. The minimum absolute atomic E-state index is 0.0441. The van der Waals surface area contributed by atoms with Crippen molar-refractivity contribution in [2.75, 3.05) is 7.11 Å². The molecule has 2 heterocycles. The Balaban J connectivity index is 2.68. The first-order chi connectivity index (χ1) is 10.0. The Bertz CT molecular complexity index is 997. The lowest BCUT2D eigenvalue weighted by atomic mass is 10.1. The van der Waals surface area contributed by atoms with Gasteiger partial charge >= 0.3 is 11.6 Å². The van der Waals surface area contributed by atoms with Crippen molar-refractivity contribution in [1.82, 2.24) is 4.57 Å². The van der Waals surface area contributed by atoms with Gasteiger partial charge in [-0.3, -0.25) is 4.79 Å². The van der Waals surface area contributed by atoms with E-state index in [1.165, 1.54) is 11.7 Å². The highest BCUT2D eigenvalue weighted by atomic mass is 16.5. The van der Waals surface area contributed by atoms with Gasteiger partial charge in [-0.2, -0.15) is 0 Å². The van der Waals surface area contributed by atoms with E-state index in [1.807, 2.05) is 0 Å². The Kier molecular flexibility index (Phi) is 2.86. The van der Waals surface area contributed by atoms with Crippen LogP contribution in [0.1, 0.15) is 10.4 Å². The molecule has 0 aliphatic rings. The summed E-state index contributed by atoms with van der Waals surface area (Å²) in [6.45, 7) is 0. The van der Waals surface area contributed by atoms with Crippen LogP contribution in [0, 0.1) is 0 Å². The molecular formula is C15H11NO5. The fourth-order valence-electron chi connectivity index (χ4n) is 2.40. The number of aryl methyl sites for hydroxylation is 1. The Morgan fingerprint density at radius 1 is 1.24 bits per heavy atom. The number of hydrogen-bond donors (Lipinski definition) is 0. The molecule has 0 unspecified atom stereocenters. The number of nitrogens with zero attached hydrogens (tertiary/aromatic N) is 1. The molecule has 0 spiro atoms. The van der Waals surface area contributed by atoms with Crippen LogP contribution in [0.5, 0.6) is 0 Å². The van der Waals surface area contributed by atoms with E-state index in [0.717, 1.165) is 6.07 Å². The van der Waals surface area contributed by atoms with E-state index in [-0.39, 0.29) is 16.5 Å². The molecule has 21 heavy (non-hydrogen) atoms. The number of rotatable bonds is 1. The van der Waals surface area contributed by atoms with Gasteiger partial charge in [0.2, 0.25) is 0 Å². The summed E-state index contributed by atoms with van der Waals surface area (Å²) in [5, 5.41) is 0.625. The molecular weight excluding hydrogens is 274 g/mol. The molecule has 0 amide bonds. The maximum atomic E-state index is 12.5. The number of ether oxygens (including phenoxy) is 1. The molecule has 0 N–H and O–H groups in total. The average Bonchev–Trinajstić information content (AvgIpc) is 2.51. The van der Waals surface area contributed by atoms with E-state index in [0.29, 0.717) is 10.9 Å². The molecule has 0 saturated heterocycles. The first-order valence-electron chi connectivity index (χ1n) is 6.18. The van der Waals surface area contributed by atoms with Crippen molar-refractivity contribution in [2.24, 2.45) is 7.05 Å². The molecule has 0 aliphatic heterocycles. The lowest BCUT2D eigenvalue weighted by Crippen LogP contribution is -2.21. The molecule has 0 saturated carbocycles. The number of carbonyl (C=O) groups excluding carboxylic acids is 1. The van der Waals surface area contributed by atoms with E-state index in [1.54, 1.807) is 31.3 Å². The highest BCUT2D eigenvalue weighted by molar-refractivity contribution is 6.10. The summed E-state index contributed by atoms with van der Waals surface area (Å²) in [5.74, 6) is -0.750. The van der Waals surface area contributed by atoms with Crippen LogP contribution in [0.2, 0.25) is 0 Å². The average molecular weight is 285 g/mol. The Morgan fingerprint density at radius 3 is 2.67 bits per heavy atom. The number of hydrogen-bond acceptors (Lipinski definition) is 5. The van der Waals surface area contributed by atoms with Crippen LogP contribution < -0.4 is 11.2 Å². The van der Waals surface area contributed by atoms with Gasteiger partial charge in [0.25, 0.3) is 5.56 Å². The molecule has 0 aliphatic carbocycles. The number of esters is 1. The minimum Gasteiger partial charge on any atom is -0.465 e. The second kappa shape index (κ2) is 4.59. The summed E-state index contributed by atoms with van der Waals surface area (Å²) >= 11 is 0. The summed E-state index contributed by atoms with van der Waals surface area (Å²) in [6.07, 6.45) is 0. The third-order valence-corrected chi connectivity index (χ3v) is 3.40. The highest BCUT2D eigenvalue weighted by Gasteiger charge is 2.20. The quantitative estimate of drug-likeness (QED) is 0.499. The second-order valence-electron chi connectivity index (χ2n) is 4.56. The topological polar surface area (TPSA) is 78.5 Å². The molecule has 0 radical (unpaired) electrons. The molecule has 6 heteroatoms. The third kappa shape index (κ3) is 1.84. The number of aromatic nitrogens is 1. The van der Waals surface area contributed by atoms with Gasteiger partial charge in [-0.05, 0) is 12.1 Å². The predicted molar refractivity (Wildman–Crippen MR) is 76.6 cm³/mol. The van der Waals surface area contributed by atoms with E-state index < -0.39 is 17.2 Å².